The van der Waals surface area contributed by atoms with Crippen LogP contribution in [0.15, 0.2) is 36.0 Å². The number of methoxy groups -OCH3 is 1. The van der Waals surface area contributed by atoms with Crippen LogP contribution >= 0.6 is 0 Å². The third-order valence-corrected chi connectivity index (χ3v) is 2.90. The van der Waals surface area contributed by atoms with Crippen molar-refractivity contribution in [3.8, 4) is 0 Å². The zero-order valence-corrected chi connectivity index (χ0v) is 11.3. The summed E-state index contributed by atoms with van der Waals surface area (Å²) in [5.41, 5.74) is 1.14. The van der Waals surface area contributed by atoms with E-state index >= 15 is 0 Å². The summed E-state index contributed by atoms with van der Waals surface area (Å²) >= 11 is 0. The van der Waals surface area contributed by atoms with Crippen molar-refractivity contribution < 1.29 is 14.6 Å². The van der Waals surface area contributed by atoms with Gasteiger partial charge in [-0.2, -0.15) is 0 Å². The second-order valence-electron chi connectivity index (χ2n) is 4.55. The van der Waals surface area contributed by atoms with Crippen LogP contribution in [0.4, 0.5) is 0 Å². The van der Waals surface area contributed by atoms with Crippen molar-refractivity contribution in [3.63, 3.8) is 0 Å². The molecule has 3 heteroatoms. The van der Waals surface area contributed by atoms with Gasteiger partial charge >= 0.3 is 0 Å². The lowest BCUT2D eigenvalue weighted by atomic mass is 10.1. The molecule has 0 aromatic heterocycles. The normalized spacial score (nSPS) is 27.6. The maximum atomic E-state index is 10.0. The van der Waals surface area contributed by atoms with Gasteiger partial charge in [-0.1, -0.05) is 36.0 Å². The van der Waals surface area contributed by atoms with Gasteiger partial charge in [-0.25, -0.2) is 0 Å². The second-order valence-corrected chi connectivity index (χ2v) is 4.55. The van der Waals surface area contributed by atoms with Crippen LogP contribution in [-0.4, -0.2) is 37.6 Å². The van der Waals surface area contributed by atoms with E-state index in [1.165, 1.54) is 0 Å². The van der Waals surface area contributed by atoms with Gasteiger partial charge in [0.1, 0.15) is 6.10 Å². The molecule has 0 saturated carbocycles. The van der Waals surface area contributed by atoms with Crippen LogP contribution in [-0.2, 0) is 9.47 Å². The number of rotatable bonds is 1. The smallest absolute Gasteiger partial charge is 0.101 e. The fraction of sp³-hybridized carbons (Fsp3) is 0.600. The third-order valence-electron chi connectivity index (χ3n) is 2.90. The average molecular weight is 252 g/mol. The molecule has 0 saturated heterocycles. The molecule has 0 aromatic rings. The predicted molar refractivity (Wildman–Crippen MR) is 73.5 cm³/mol. The Kier molecular flexibility index (Phi) is 7.65. The summed E-state index contributed by atoms with van der Waals surface area (Å²) in [4.78, 5) is 0. The Morgan fingerprint density at radius 3 is 2.83 bits per heavy atom. The summed E-state index contributed by atoms with van der Waals surface area (Å²) in [5.74, 6) is 0. The Labute approximate surface area is 110 Å². The summed E-state index contributed by atoms with van der Waals surface area (Å²) in [6, 6.07) is 0. The molecule has 0 spiro atoms. The van der Waals surface area contributed by atoms with Crippen LogP contribution in [0.25, 0.3) is 0 Å². The molecule has 0 amide bonds. The molecule has 1 aliphatic heterocycles. The number of ether oxygens (including phenoxy) is 2. The first-order valence-electron chi connectivity index (χ1n) is 6.50. The first-order valence-corrected chi connectivity index (χ1v) is 6.50. The molecule has 0 radical (unpaired) electrons. The lowest BCUT2D eigenvalue weighted by Gasteiger charge is -2.17. The zero-order valence-electron chi connectivity index (χ0n) is 11.3. The van der Waals surface area contributed by atoms with Crippen molar-refractivity contribution in [2.24, 2.45) is 0 Å². The van der Waals surface area contributed by atoms with Crippen molar-refractivity contribution in [1.82, 2.24) is 0 Å². The van der Waals surface area contributed by atoms with Crippen molar-refractivity contribution in [2.45, 2.75) is 38.4 Å². The van der Waals surface area contributed by atoms with E-state index in [0.717, 1.165) is 18.4 Å². The standard InChI is InChI=1S/C15H24O3/c1-13-9-10-14(16)15(17-2)8-6-4-3-5-7-11-18-12-13/h5-9,14-16H,3-4,10-12H2,1-2H3. The minimum absolute atomic E-state index is 0.234. The molecule has 2 unspecified atom stereocenters. The molecule has 0 bridgehead atoms. The SMILES string of the molecule is COC1C=CCCC=CCOCC(C)=CCC1O. The summed E-state index contributed by atoms with van der Waals surface area (Å²) < 4.78 is 10.8. The highest BCUT2D eigenvalue weighted by Gasteiger charge is 2.14. The molecule has 102 valence electrons. The summed E-state index contributed by atoms with van der Waals surface area (Å²) in [6.45, 7) is 3.28. The van der Waals surface area contributed by atoms with Gasteiger partial charge in [-0.05, 0) is 26.2 Å². The van der Waals surface area contributed by atoms with Gasteiger partial charge in [-0.15, -0.1) is 0 Å². The average Bonchev–Trinajstić information content (AvgIpc) is 2.37. The van der Waals surface area contributed by atoms with Crippen LogP contribution in [0, 0.1) is 0 Å². The molecular weight excluding hydrogens is 228 g/mol. The Bertz CT molecular complexity index is 305. The lowest BCUT2D eigenvalue weighted by Crippen LogP contribution is -2.25. The monoisotopic (exact) mass is 252 g/mol. The van der Waals surface area contributed by atoms with E-state index in [1.807, 2.05) is 19.1 Å². The van der Waals surface area contributed by atoms with Gasteiger partial charge in [0.2, 0.25) is 0 Å². The van der Waals surface area contributed by atoms with Crippen molar-refractivity contribution >= 4 is 0 Å². The van der Waals surface area contributed by atoms with Gasteiger partial charge in [-0.3, -0.25) is 0 Å². The van der Waals surface area contributed by atoms with Crippen molar-refractivity contribution in [3.05, 3.63) is 36.0 Å². The van der Waals surface area contributed by atoms with Crippen LogP contribution in [0.2, 0.25) is 0 Å². The molecule has 1 heterocycles. The Balaban J connectivity index is 2.64. The number of hydrogen-bond donors (Lipinski definition) is 1. The number of aliphatic hydroxyl groups is 1. The molecule has 0 fully saturated rings. The quantitative estimate of drug-likeness (QED) is 0.729. The van der Waals surface area contributed by atoms with Crippen molar-refractivity contribution in [1.29, 1.82) is 0 Å². The van der Waals surface area contributed by atoms with Crippen LogP contribution in [0.5, 0.6) is 0 Å². The number of hydrogen-bond acceptors (Lipinski definition) is 3. The fourth-order valence-corrected chi connectivity index (χ4v) is 1.78. The molecule has 3 nitrogen and oxygen atoms in total. The van der Waals surface area contributed by atoms with E-state index < -0.39 is 6.10 Å². The molecule has 1 aliphatic rings. The molecular formula is C15H24O3. The molecule has 1 N–H and O–H groups in total. The molecule has 2 atom stereocenters. The summed E-state index contributed by atoms with van der Waals surface area (Å²) in [7, 11) is 1.63. The highest BCUT2D eigenvalue weighted by Crippen LogP contribution is 2.09. The maximum Gasteiger partial charge on any atom is 0.101 e. The topological polar surface area (TPSA) is 38.7 Å². The molecule has 0 aliphatic carbocycles. The highest BCUT2D eigenvalue weighted by atomic mass is 16.5. The second kappa shape index (κ2) is 9.09. The summed E-state index contributed by atoms with van der Waals surface area (Å²) in [6.07, 6.45) is 12.0. The van der Waals surface area contributed by atoms with E-state index in [4.69, 9.17) is 9.47 Å². The van der Waals surface area contributed by atoms with Gasteiger partial charge in [0, 0.05) is 7.11 Å². The van der Waals surface area contributed by atoms with E-state index in [2.05, 4.69) is 18.2 Å². The van der Waals surface area contributed by atoms with Gasteiger partial charge < -0.3 is 14.6 Å². The highest BCUT2D eigenvalue weighted by molar-refractivity contribution is 5.03. The van der Waals surface area contributed by atoms with Crippen LogP contribution < -0.4 is 0 Å². The van der Waals surface area contributed by atoms with Crippen LogP contribution in [0.1, 0.15) is 26.2 Å². The maximum absolute atomic E-state index is 10.0. The Hall–Kier alpha value is -0.900. The van der Waals surface area contributed by atoms with Gasteiger partial charge in [0.15, 0.2) is 0 Å². The minimum atomic E-state index is -0.500. The zero-order chi connectivity index (χ0) is 13.2. The van der Waals surface area contributed by atoms with E-state index in [9.17, 15) is 5.11 Å². The lowest BCUT2D eigenvalue weighted by molar-refractivity contribution is 0.0187. The van der Waals surface area contributed by atoms with Gasteiger partial charge in [0.25, 0.3) is 0 Å². The fourth-order valence-electron chi connectivity index (χ4n) is 1.78. The number of aliphatic hydroxyl groups excluding tert-OH is 1. The van der Waals surface area contributed by atoms with Crippen molar-refractivity contribution in [2.75, 3.05) is 20.3 Å². The molecule has 1 rings (SSSR count). The third kappa shape index (κ3) is 6.15. The Morgan fingerprint density at radius 1 is 1.28 bits per heavy atom. The first kappa shape index (κ1) is 15.2. The first-order chi connectivity index (χ1) is 8.74. The molecule has 18 heavy (non-hydrogen) atoms. The van der Waals surface area contributed by atoms with E-state index in [-0.39, 0.29) is 6.10 Å². The van der Waals surface area contributed by atoms with E-state index in [1.54, 1.807) is 7.11 Å². The van der Waals surface area contributed by atoms with Crippen LogP contribution in [0.3, 0.4) is 0 Å². The Morgan fingerprint density at radius 2 is 2.06 bits per heavy atom. The largest absolute Gasteiger partial charge is 0.390 e. The predicted octanol–water partition coefficient (Wildman–Crippen LogP) is 2.62. The molecule has 0 aromatic carbocycles. The minimum Gasteiger partial charge on any atom is -0.390 e. The summed E-state index contributed by atoms with van der Waals surface area (Å²) in [5, 5.41) is 10.0. The van der Waals surface area contributed by atoms with Gasteiger partial charge in [0.05, 0.1) is 19.3 Å². The van der Waals surface area contributed by atoms with E-state index in [0.29, 0.717) is 19.6 Å². The number of allylic oxidation sites excluding steroid dienone is 2.